The van der Waals surface area contributed by atoms with Crippen molar-refractivity contribution in [2.45, 2.75) is 25.1 Å². The van der Waals surface area contributed by atoms with Crippen molar-refractivity contribution in [1.82, 2.24) is 0 Å². The first-order valence-electron chi connectivity index (χ1n) is 17.1. The third-order valence-corrected chi connectivity index (χ3v) is 12.4. The van der Waals surface area contributed by atoms with Crippen molar-refractivity contribution in [2.24, 2.45) is 0 Å². The second-order valence-corrected chi connectivity index (χ2v) is 19.2. The van der Waals surface area contributed by atoms with E-state index in [1.54, 1.807) is 0 Å². The van der Waals surface area contributed by atoms with Crippen LogP contribution in [-0.4, -0.2) is 8.07 Å². The zero-order valence-corrected chi connectivity index (χ0v) is 29.0. The van der Waals surface area contributed by atoms with E-state index in [1.807, 2.05) is 0 Å². The maximum absolute atomic E-state index is 6.59. The maximum atomic E-state index is 6.59. The van der Waals surface area contributed by atoms with Crippen LogP contribution in [0.25, 0.3) is 22.3 Å². The van der Waals surface area contributed by atoms with Gasteiger partial charge >= 0.3 is 0 Å². The van der Waals surface area contributed by atoms with Gasteiger partial charge < -0.3 is 9.64 Å². The van der Waals surface area contributed by atoms with Gasteiger partial charge in [-0.3, -0.25) is 0 Å². The lowest BCUT2D eigenvalue weighted by molar-refractivity contribution is 0.436. The van der Waals surface area contributed by atoms with Gasteiger partial charge in [0.2, 0.25) is 0 Å². The number of hydrogen-bond donors (Lipinski definition) is 0. The molecule has 49 heavy (non-hydrogen) atoms. The molecule has 0 fully saturated rings. The predicted molar refractivity (Wildman–Crippen MR) is 207 cm³/mol. The first-order valence-corrected chi connectivity index (χ1v) is 20.6. The van der Waals surface area contributed by atoms with Gasteiger partial charge in [0.15, 0.2) is 0 Å². The first kappa shape index (κ1) is 29.5. The molecule has 0 N–H and O–H groups in total. The van der Waals surface area contributed by atoms with Crippen LogP contribution in [0.5, 0.6) is 11.5 Å². The van der Waals surface area contributed by atoms with E-state index in [4.69, 9.17) is 4.74 Å². The second kappa shape index (κ2) is 11.2. The highest BCUT2D eigenvalue weighted by Gasteiger charge is 2.51. The van der Waals surface area contributed by atoms with E-state index in [0.29, 0.717) is 0 Å². The number of fused-ring (bicyclic) bond motifs is 9. The lowest BCUT2D eigenvalue weighted by atomic mass is 9.66. The number of ether oxygens (including phenoxy) is 1. The molecule has 0 amide bonds. The fourth-order valence-corrected chi connectivity index (χ4v) is 9.21. The summed E-state index contributed by atoms with van der Waals surface area (Å²) in [4.78, 5) is 2.45. The molecule has 1 spiro atoms. The van der Waals surface area contributed by atoms with Gasteiger partial charge in [-0.15, -0.1) is 0 Å². The SMILES string of the molecule is C[Si](C)(C)c1ccc(N(c2ccc(-c3ccccc3)cc2)c2cccc3c2-c2ccccc2C32c3ccccc3Oc3ccccc32)cc1. The second-order valence-electron chi connectivity index (χ2n) is 14.1. The van der Waals surface area contributed by atoms with E-state index in [0.717, 1.165) is 28.6 Å². The maximum Gasteiger partial charge on any atom is 0.132 e. The Morgan fingerprint density at radius 3 is 1.59 bits per heavy atom. The molecule has 3 heteroatoms. The predicted octanol–water partition coefficient (Wildman–Crippen LogP) is 11.8. The van der Waals surface area contributed by atoms with Crippen LogP contribution in [0.3, 0.4) is 0 Å². The Labute approximate surface area is 289 Å². The van der Waals surface area contributed by atoms with Crippen LogP contribution < -0.4 is 14.8 Å². The van der Waals surface area contributed by atoms with Gasteiger partial charge in [-0.2, -0.15) is 0 Å². The largest absolute Gasteiger partial charge is 0.457 e. The molecule has 7 aromatic carbocycles. The van der Waals surface area contributed by atoms with Crippen molar-refractivity contribution in [2.75, 3.05) is 4.90 Å². The summed E-state index contributed by atoms with van der Waals surface area (Å²) in [6, 6.07) is 62.0. The number of benzene rings is 7. The summed E-state index contributed by atoms with van der Waals surface area (Å²) in [6.45, 7) is 7.23. The lowest BCUT2D eigenvalue weighted by Gasteiger charge is -2.39. The third-order valence-electron chi connectivity index (χ3n) is 10.3. The topological polar surface area (TPSA) is 12.5 Å². The Morgan fingerprint density at radius 2 is 0.959 bits per heavy atom. The molecule has 236 valence electrons. The Balaban J connectivity index is 1.32. The molecule has 7 aromatic rings. The minimum Gasteiger partial charge on any atom is -0.457 e. The van der Waals surface area contributed by atoms with Crippen LogP contribution in [0, 0.1) is 0 Å². The number of anilines is 3. The smallest absolute Gasteiger partial charge is 0.132 e. The van der Waals surface area contributed by atoms with Crippen LogP contribution in [0.1, 0.15) is 22.3 Å². The molecule has 1 aliphatic heterocycles. The average Bonchev–Trinajstić information content (AvgIpc) is 3.44. The van der Waals surface area contributed by atoms with Gasteiger partial charge in [0, 0.05) is 28.1 Å². The highest BCUT2D eigenvalue weighted by molar-refractivity contribution is 6.88. The van der Waals surface area contributed by atoms with Crippen LogP contribution in [-0.2, 0) is 5.41 Å². The van der Waals surface area contributed by atoms with Gasteiger partial charge in [0.25, 0.3) is 0 Å². The standard InChI is InChI=1S/C46H37NOSi/c1-49(2,3)36-30-28-35(29-31-36)47(34-26-24-33(25-27-34)32-14-5-4-6-15-32)42-21-13-20-41-45(42)37-16-7-8-17-38(37)46(41)39-18-9-11-22-43(39)48-44-23-12-10-19-40(44)46/h4-31H,1-3H3. The van der Waals surface area contributed by atoms with Crippen molar-refractivity contribution in [3.05, 3.63) is 192 Å². The van der Waals surface area contributed by atoms with E-state index in [9.17, 15) is 0 Å². The lowest BCUT2D eigenvalue weighted by Crippen LogP contribution is -2.37. The molecule has 0 saturated carbocycles. The molecule has 0 unspecified atom stereocenters. The molecule has 2 nitrogen and oxygen atoms in total. The number of hydrogen-bond acceptors (Lipinski definition) is 2. The Kier molecular flexibility index (Phi) is 6.75. The molecule has 2 aliphatic rings. The molecule has 0 aromatic heterocycles. The summed E-state index contributed by atoms with van der Waals surface area (Å²) >= 11 is 0. The molecule has 1 aliphatic carbocycles. The van der Waals surface area contributed by atoms with E-state index < -0.39 is 13.5 Å². The van der Waals surface area contributed by atoms with Crippen molar-refractivity contribution < 1.29 is 4.74 Å². The summed E-state index contributed by atoms with van der Waals surface area (Å²) in [7, 11) is -1.48. The van der Waals surface area contributed by atoms with Gasteiger partial charge in [-0.25, -0.2) is 0 Å². The zero-order valence-electron chi connectivity index (χ0n) is 28.0. The summed E-state index contributed by atoms with van der Waals surface area (Å²) in [5.41, 5.74) is 12.8. The van der Waals surface area contributed by atoms with E-state index in [-0.39, 0.29) is 0 Å². The van der Waals surface area contributed by atoms with Crippen LogP contribution >= 0.6 is 0 Å². The third kappa shape index (κ3) is 4.53. The zero-order chi connectivity index (χ0) is 33.2. The van der Waals surface area contributed by atoms with Crippen LogP contribution in [0.15, 0.2) is 170 Å². The minimum absolute atomic E-state index is 0.516. The quantitative estimate of drug-likeness (QED) is 0.172. The summed E-state index contributed by atoms with van der Waals surface area (Å²) in [5.74, 6) is 1.81. The average molecular weight is 648 g/mol. The van der Waals surface area contributed by atoms with Crippen LogP contribution in [0.4, 0.5) is 17.1 Å². The number of para-hydroxylation sites is 2. The summed E-state index contributed by atoms with van der Waals surface area (Å²) < 4.78 is 6.59. The van der Waals surface area contributed by atoms with E-state index in [1.165, 1.54) is 49.7 Å². The number of nitrogens with zero attached hydrogens (tertiary/aromatic N) is 1. The van der Waals surface area contributed by atoms with E-state index in [2.05, 4.69) is 194 Å². The molecule has 1 heterocycles. The minimum atomic E-state index is -1.48. The molecule has 0 bridgehead atoms. The normalized spacial score (nSPS) is 13.5. The van der Waals surface area contributed by atoms with Gasteiger partial charge in [0.1, 0.15) is 11.5 Å². The fourth-order valence-electron chi connectivity index (χ4n) is 8.04. The van der Waals surface area contributed by atoms with Gasteiger partial charge in [-0.1, -0.05) is 152 Å². The molecular weight excluding hydrogens is 611 g/mol. The highest BCUT2D eigenvalue weighted by Crippen LogP contribution is 2.64. The fraction of sp³-hybridized carbons (Fsp3) is 0.0870. The Bertz CT molecular complexity index is 2290. The highest BCUT2D eigenvalue weighted by atomic mass is 28.3. The van der Waals surface area contributed by atoms with Gasteiger partial charge in [-0.05, 0) is 70.3 Å². The van der Waals surface area contributed by atoms with Crippen molar-refractivity contribution in [1.29, 1.82) is 0 Å². The molecular formula is C46H37NOSi. The monoisotopic (exact) mass is 647 g/mol. The van der Waals surface area contributed by atoms with Crippen molar-refractivity contribution in [3.8, 4) is 33.8 Å². The molecule has 0 atom stereocenters. The van der Waals surface area contributed by atoms with Crippen LogP contribution in [0.2, 0.25) is 19.6 Å². The van der Waals surface area contributed by atoms with Crippen molar-refractivity contribution in [3.63, 3.8) is 0 Å². The summed E-state index contributed by atoms with van der Waals surface area (Å²) in [6.07, 6.45) is 0. The first-order chi connectivity index (χ1) is 23.9. The molecule has 0 saturated heterocycles. The Morgan fingerprint density at radius 1 is 0.449 bits per heavy atom. The van der Waals surface area contributed by atoms with E-state index >= 15 is 0 Å². The van der Waals surface area contributed by atoms with Crippen molar-refractivity contribution >= 4 is 30.3 Å². The Hall–Kier alpha value is -5.64. The molecule has 9 rings (SSSR count). The number of rotatable bonds is 5. The molecule has 0 radical (unpaired) electrons. The van der Waals surface area contributed by atoms with Gasteiger partial charge in [0.05, 0.1) is 19.2 Å². The summed E-state index contributed by atoms with van der Waals surface area (Å²) in [5, 5.41) is 1.45.